The predicted molar refractivity (Wildman–Crippen MR) is 83.9 cm³/mol. The quantitative estimate of drug-likeness (QED) is 0.785. The van der Waals surface area contributed by atoms with Gasteiger partial charge in [-0.1, -0.05) is 6.92 Å². The Morgan fingerprint density at radius 3 is 2.76 bits per heavy atom. The zero-order valence-electron chi connectivity index (χ0n) is 11.9. The summed E-state index contributed by atoms with van der Waals surface area (Å²) in [6.45, 7) is 3.67. The zero-order valence-corrected chi connectivity index (χ0v) is 14.3. The number of nitrogens with one attached hydrogen (secondary N) is 1. The second-order valence-corrected chi connectivity index (χ2v) is 8.10. The molecule has 0 aromatic heterocycles. The molecule has 0 spiro atoms. The number of anilines is 1. The van der Waals surface area contributed by atoms with Crippen LogP contribution in [0.25, 0.3) is 0 Å². The van der Waals surface area contributed by atoms with Gasteiger partial charge in [-0.05, 0) is 54.0 Å². The number of piperidine rings is 1. The van der Waals surface area contributed by atoms with Crippen LogP contribution in [0.15, 0.2) is 21.5 Å². The number of nitrogens with two attached hydrogens (primary N) is 1. The molecule has 2 atom stereocenters. The fourth-order valence-electron chi connectivity index (χ4n) is 2.57. The molecule has 8 heteroatoms. The number of sulfonamides is 1. The Kier molecular flexibility index (Phi) is 4.92. The molecule has 0 saturated carbocycles. The van der Waals surface area contributed by atoms with Crippen molar-refractivity contribution in [2.75, 3.05) is 25.9 Å². The summed E-state index contributed by atoms with van der Waals surface area (Å²) in [6, 6.07) is 2.07. The van der Waals surface area contributed by atoms with Crippen LogP contribution in [0.1, 0.15) is 13.3 Å². The molecule has 3 N–H and O–H groups in total. The van der Waals surface area contributed by atoms with Gasteiger partial charge in [-0.2, -0.15) is 0 Å². The summed E-state index contributed by atoms with van der Waals surface area (Å²) in [5.74, 6) is -0.386. The third-order valence-corrected chi connectivity index (χ3v) is 5.91. The van der Waals surface area contributed by atoms with Gasteiger partial charge in [-0.25, -0.2) is 17.5 Å². The van der Waals surface area contributed by atoms with E-state index in [1.54, 1.807) is 0 Å². The molecule has 118 valence electrons. The lowest BCUT2D eigenvalue weighted by Crippen LogP contribution is -2.48. The normalized spacial score (nSPS) is 24.2. The molecular formula is C13H19BrFN3O2S. The van der Waals surface area contributed by atoms with Crippen molar-refractivity contribution in [3.05, 3.63) is 22.4 Å². The van der Waals surface area contributed by atoms with Crippen LogP contribution in [0.4, 0.5) is 10.1 Å². The lowest BCUT2D eigenvalue weighted by atomic mass is 9.95. The van der Waals surface area contributed by atoms with Crippen LogP contribution >= 0.6 is 15.9 Å². The second-order valence-electron chi connectivity index (χ2n) is 5.56. The first-order valence-electron chi connectivity index (χ1n) is 6.66. The average Bonchev–Trinajstić information content (AvgIpc) is 2.37. The first-order chi connectivity index (χ1) is 9.70. The number of benzene rings is 1. The molecule has 2 unspecified atom stereocenters. The van der Waals surface area contributed by atoms with E-state index in [0.717, 1.165) is 25.6 Å². The zero-order chi connectivity index (χ0) is 15.8. The Morgan fingerprint density at radius 1 is 1.48 bits per heavy atom. The number of halogens is 2. The summed E-state index contributed by atoms with van der Waals surface area (Å²) < 4.78 is 41.1. The predicted octanol–water partition coefficient (Wildman–Crippen LogP) is 1.79. The van der Waals surface area contributed by atoms with Crippen LogP contribution in [-0.2, 0) is 10.0 Å². The van der Waals surface area contributed by atoms with Gasteiger partial charge in [0.1, 0.15) is 10.7 Å². The highest BCUT2D eigenvalue weighted by Crippen LogP contribution is 2.27. The van der Waals surface area contributed by atoms with Gasteiger partial charge in [0.15, 0.2) is 0 Å². The lowest BCUT2D eigenvalue weighted by Gasteiger charge is -2.35. The summed E-state index contributed by atoms with van der Waals surface area (Å²) in [4.78, 5) is 2.07. The van der Waals surface area contributed by atoms with E-state index in [4.69, 9.17) is 5.73 Å². The smallest absolute Gasteiger partial charge is 0.242 e. The molecule has 1 heterocycles. The summed E-state index contributed by atoms with van der Waals surface area (Å²) >= 11 is 2.99. The van der Waals surface area contributed by atoms with Gasteiger partial charge < -0.3 is 10.6 Å². The van der Waals surface area contributed by atoms with Gasteiger partial charge in [-0.3, -0.25) is 0 Å². The van der Waals surface area contributed by atoms with Crippen molar-refractivity contribution in [3.8, 4) is 0 Å². The van der Waals surface area contributed by atoms with E-state index < -0.39 is 15.8 Å². The minimum absolute atomic E-state index is 0.0773. The van der Waals surface area contributed by atoms with Crippen LogP contribution in [0.3, 0.4) is 0 Å². The summed E-state index contributed by atoms with van der Waals surface area (Å²) in [7, 11) is -1.76. The highest BCUT2D eigenvalue weighted by molar-refractivity contribution is 9.10. The topological polar surface area (TPSA) is 75.4 Å². The highest BCUT2D eigenvalue weighted by atomic mass is 79.9. The summed E-state index contributed by atoms with van der Waals surface area (Å²) in [5.41, 5.74) is 5.56. The van der Waals surface area contributed by atoms with Crippen molar-refractivity contribution in [2.24, 2.45) is 5.92 Å². The highest BCUT2D eigenvalue weighted by Gasteiger charge is 2.30. The molecule has 5 nitrogen and oxygen atoms in total. The molecule has 1 aliphatic rings. The fourth-order valence-corrected chi connectivity index (χ4v) is 4.58. The van der Waals surface area contributed by atoms with Gasteiger partial charge in [0.05, 0.1) is 10.2 Å². The van der Waals surface area contributed by atoms with E-state index in [2.05, 4.69) is 25.6 Å². The van der Waals surface area contributed by atoms with E-state index in [-0.39, 0.29) is 27.0 Å². The average molecular weight is 380 g/mol. The number of hydrogen-bond acceptors (Lipinski definition) is 4. The SMILES string of the molecule is CC1CN(C)CCC1NS(=O)(=O)c1cc(Br)c(F)cc1N. The van der Waals surface area contributed by atoms with E-state index in [9.17, 15) is 12.8 Å². The first-order valence-corrected chi connectivity index (χ1v) is 8.93. The van der Waals surface area contributed by atoms with Crippen molar-refractivity contribution < 1.29 is 12.8 Å². The maximum atomic E-state index is 13.4. The molecular weight excluding hydrogens is 361 g/mol. The number of nitrogens with zero attached hydrogens (tertiary/aromatic N) is 1. The van der Waals surface area contributed by atoms with Crippen molar-refractivity contribution in [1.82, 2.24) is 9.62 Å². The Hall–Kier alpha value is -0.700. The summed E-state index contributed by atoms with van der Waals surface area (Å²) in [6.07, 6.45) is 0.735. The molecule has 0 radical (unpaired) electrons. The van der Waals surface area contributed by atoms with Crippen LogP contribution in [0, 0.1) is 11.7 Å². The Balaban J connectivity index is 2.25. The maximum Gasteiger partial charge on any atom is 0.242 e. The molecule has 1 aromatic rings. The molecule has 0 bridgehead atoms. The number of rotatable bonds is 3. The van der Waals surface area contributed by atoms with Gasteiger partial charge in [0.25, 0.3) is 0 Å². The minimum Gasteiger partial charge on any atom is -0.398 e. The molecule has 1 fully saturated rings. The molecule has 1 saturated heterocycles. The Labute approximate surface area is 132 Å². The second kappa shape index (κ2) is 6.20. The Morgan fingerprint density at radius 2 is 2.14 bits per heavy atom. The van der Waals surface area contributed by atoms with Crippen LogP contribution in [0.2, 0.25) is 0 Å². The van der Waals surface area contributed by atoms with E-state index in [1.807, 2.05) is 14.0 Å². The van der Waals surface area contributed by atoms with Crippen molar-refractivity contribution >= 4 is 31.6 Å². The number of hydrogen-bond donors (Lipinski definition) is 2. The van der Waals surface area contributed by atoms with Gasteiger partial charge in [0, 0.05) is 12.6 Å². The van der Waals surface area contributed by atoms with Gasteiger partial charge in [-0.15, -0.1) is 0 Å². The third-order valence-electron chi connectivity index (χ3n) is 3.76. The number of likely N-dealkylation sites (tertiary alicyclic amines) is 1. The van der Waals surface area contributed by atoms with Crippen molar-refractivity contribution in [2.45, 2.75) is 24.3 Å². The van der Waals surface area contributed by atoms with Crippen molar-refractivity contribution in [3.63, 3.8) is 0 Å². The van der Waals surface area contributed by atoms with Gasteiger partial charge in [0.2, 0.25) is 10.0 Å². The van der Waals surface area contributed by atoms with Crippen molar-refractivity contribution in [1.29, 1.82) is 0 Å². The first kappa shape index (κ1) is 16.7. The minimum atomic E-state index is -3.77. The lowest BCUT2D eigenvalue weighted by molar-refractivity contribution is 0.188. The van der Waals surface area contributed by atoms with E-state index >= 15 is 0 Å². The monoisotopic (exact) mass is 379 g/mol. The molecule has 0 aliphatic carbocycles. The molecule has 1 aliphatic heterocycles. The molecule has 2 rings (SSSR count). The molecule has 1 aromatic carbocycles. The summed E-state index contributed by atoms with van der Waals surface area (Å²) in [5, 5.41) is 0. The van der Waals surface area contributed by atoms with Crippen LogP contribution in [0.5, 0.6) is 0 Å². The maximum absolute atomic E-state index is 13.4. The third kappa shape index (κ3) is 3.74. The van der Waals surface area contributed by atoms with Gasteiger partial charge >= 0.3 is 0 Å². The van der Waals surface area contributed by atoms with Crippen LogP contribution < -0.4 is 10.5 Å². The van der Waals surface area contributed by atoms with E-state index in [0.29, 0.717) is 0 Å². The van der Waals surface area contributed by atoms with Crippen LogP contribution in [-0.4, -0.2) is 39.5 Å². The van der Waals surface area contributed by atoms with E-state index in [1.165, 1.54) is 6.07 Å². The fraction of sp³-hybridized carbons (Fsp3) is 0.538. The number of nitrogen functional groups attached to an aromatic ring is 1. The molecule has 0 amide bonds. The largest absolute Gasteiger partial charge is 0.398 e. The molecule has 21 heavy (non-hydrogen) atoms. The standard InChI is InChI=1S/C13H19BrFN3O2S/c1-8-7-18(2)4-3-12(8)17-21(19,20)13-5-9(14)10(15)6-11(13)16/h5-6,8,12,17H,3-4,7,16H2,1-2H3. The Bertz CT molecular complexity index is 639.